The fourth-order valence-corrected chi connectivity index (χ4v) is 3.55. The summed E-state index contributed by atoms with van der Waals surface area (Å²) in [6, 6.07) is 12.1. The summed E-state index contributed by atoms with van der Waals surface area (Å²) in [4.78, 5) is 21.6. The van der Waals surface area contributed by atoms with Crippen LogP contribution in [0.3, 0.4) is 0 Å². The summed E-state index contributed by atoms with van der Waals surface area (Å²) < 4.78 is 1.71. The zero-order valence-electron chi connectivity index (χ0n) is 15.5. The normalized spacial score (nSPS) is 17.2. The zero-order chi connectivity index (χ0) is 18.8. The molecule has 7 heteroatoms. The first kappa shape index (κ1) is 17.2. The lowest BCUT2D eigenvalue weighted by Gasteiger charge is -2.41. The summed E-state index contributed by atoms with van der Waals surface area (Å²) in [6.45, 7) is 6.57. The molecule has 0 spiro atoms. The second-order valence-electron chi connectivity index (χ2n) is 6.85. The second kappa shape index (κ2) is 7.19. The first-order valence-electron chi connectivity index (χ1n) is 9.06. The predicted molar refractivity (Wildman–Crippen MR) is 103 cm³/mol. The number of hydrogen-bond donors (Lipinski definition) is 0. The van der Waals surface area contributed by atoms with E-state index in [9.17, 15) is 4.79 Å². The van der Waals surface area contributed by atoms with Gasteiger partial charge in [0.1, 0.15) is 18.5 Å². The van der Waals surface area contributed by atoms with E-state index in [2.05, 4.69) is 58.2 Å². The highest BCUT2D eigenvalue weighted by Gasteiger charge is 2.28. The van der Waals surface area contributed by atoms with Crippen LogP contribution >= 0.6 is 0 Å². The predicted octanol–water partition coefficient (Wildman–Crippen LogP) is 2.32. The molecule has 1 saturated heterocycles. The van der Waals surface area contributed by atoms with Crippen molar-refractivity contribution in [2.45, 2.75) is 19.9 Å². The molecular weight excluding hydrogens is 340 g/mol. The van der Waals surface area contributed by atoms with Crippen LogP contribution in [-0.4, -0.2) is 56.2 Å². The summed E-state index contributed by atoms with van der Waals surface area (Å²) in [5.74, 6) is 0.712. The zero-order valence-corrected chi connectivity index (χ0v) is 15.5. The Morgan fingerprint density at radius 2 is 1.85 bits per heavy atom. The number of rotatable bonds is 3. The van der Waals surface area contributed by atoms with Crippen LogP contribution in [0.2, 0.25) is 0 Å². The Bertz CT molecular complexity index is 922. The van der Waals surface area contributed by atoms with Crippen molar-refractivity contribution in [1.29, 1.82) is 0 Å². The van der Waals surface area contributed by atoms with E-state index >= 15 is 0 Å². The monoisotopic (exact) mass is 362 g/mol. The number of carbonyl (C=O) groups is 1. The molecule has 0 aliphatic carbocycles. The van der Waals surface area contributed by atoms with E-state index in [1.54, 1.807) is 23.4 Å². The molecule has 1 aromatic carbocycles. The van der Waals surface area contributed by atoms with Crippen molar-refractivity contribution in [2.24, 2.45) is 0 Å². The number of benzene rings is 1. The lowest BCUT2D eigenvalue weighted by Crippen LogP contribution is -2.54. The fourth-order valence-electron chi connectivity index (χ4n) is 3.55. The van der Waals surface area contributed by atoms with Gasteiger partial charge in [-0.25, -0.2) is 4.98 Å². The van der Waals surface area contributed by atoms with Crippen molar-refractivity contribution < 1.29 is 4.79 Å². The van der Waals surface area contributed by atoms with Gasteiger partial charge in [0, 0.05) is 37.6 Å². The van der Waals surface area contributed by atoms with Crippen LogP contribution in [0.4, 0.5) is 5.69 Å². The Kier molecular flexibility index (Phi) is 4.58. The summed E-state index contributed by atoms with van der Waals surface area (Å²) in [5.41, 5.74) is 3.11. The van der Waals surface area contributed by atoms with Gasteiger partial charge in [-0.1, -0.05) is 18.2 Å². The second-order valence-corrected chi connectivity index (χ2v) is 6.85. The van der Waals surface area contributed by atoms with E-state index in [0.717, 1.165) is 13.1 Å². The fraction of sp³-hybridized carbons (Fsp3) is 0.300. The number of nitrogens with zero attached hydrogens (tertiary/aromatic N) is 6. The van der Waals surface area contributed by atoms with Gasteiger partial charge in [-0.15, -0.1) is 10.2 Å². The maximum absolute atomic E-state index is 13.0. The van der Waals surface area contributed by atoms with E-state index in [4.69, 9.17) is 0 Å². The van der Waals surface area contributed by atoms with Crippen LogP contribution in [0, 0.1) is 6.92 Å². The summed E-state index contributed by atoms with van der Waals surface area (Å²) in [5, 5.41) is 7.54. The highest BCUT2D eigenvalue weighted by molar-refractivity contribution is 5.94. The minimum atomic E-state index is 0.0229. The van der Waals surface area contributed by atoms with E-state index in [1.165, 1.54) is 11.3 Å². The molecular formula is C20H22N6O. The van der Waals surface area contributed by atoms with E-state index in [1.807, 2.05) is 17.0 Å². The Morgan fingerprint density at radius 3 is 2.52 bits per heavy atom. The molecule has 1 aliphatic heterocycles. The number of anilines is 1. The Balaban J connectivity index is 1.46. The van der Waals surface area contributed by atoms with Gasteiger partial charge < -0.3 is 9.80 Å². The molecule has 4 rings (SSSR count). The highest BCUT2D eigenvalue weighted by Crippen LogP contribution is 2.23. The van der Waals surface area contributed by atoms with Crippen LogP contribution in [0.15, 0.2) is 55.2 Å². The molecule has 7 nitrogen and oxygen atoms in total. The molecule has 1 amide bonds. The number of hydrogen-bond acceptors (Lipinski definition) is 5. The Hall–Kier alpha value is -3.22. The molecule has 3 aromatic rings. The van der Waals surface area contributed by atoms with Gasteiger partial charge >= 0.3 is 0 Å². The van der Waals surface area contributed by atoms with Gasteiger partial charge in [0.2, 0.25) is 0 Å². The average Bonchev–Trinajstić information content (AvgIpc) is 3.23. The highest BCUT2D eigenvalue weighted by atomic mass is 16.2. The number of pyridine rings is 1. The molecule has 0 saturated carbocycles. The average molecular weight is 362 g/mol. The van der Waals surface area contributed by atoms with Crippen LogP contribution in [0.1, 0.15) is 22.8 Å². The quantitative estimate of drug-likeness (QED) is 0.715. The van der Waals surface area contributed by atoms with Crippen LogP contribution in [-0.2, 0) is 0 Å². The van der Waals surface area contributed by atoms with E-state index in [0.29, 0.717) is 17.9 Å². The van der Waals surface area contributed by atoms with Crippen molar-refractivity contribution in [3.05, 3.63) is 66.4 Å². The summed E-state index contributed by atoms with van der Waals surface area (Å²) in [7, 11) is 0. The number of aromatic nitrogens is 4. The Morgan fingerprint density at radius 1 is 1.07 bits per heavy atom. The number of carbonyl (C=O) groups excluding carboxylic acids is 1. The Labute approximate surface area is 158 Å². The smallest absolute Gasteiger partial charge is 0.255 e. The maximum atomic E-state index is 13.0. The van der Waals surface area contributed by atoms with Gasteiger partial charge in [-0.2, -0.15) is 0 Å². The molecule has 138 valence electrons. The van der Waals surface area contributed by atoms with E-state index < -0.39 is 0 Å². The van der Waals surface area contributed by atoms with Gasteiger partial charge in [0.05, 0.1) is 5.56 Å². The molecule has 2 aromatic heterocycles. The van der Waals surface area contributed by atoms with Crippen molar-refractivity contribution in [1.82, 2.24) is 24.6 Å². The van der Waals surface area contributed by atoms with E-state index in [-0.39, 0.29) is 11.9 Å². The SMILES string of the molecule is Cc1ccccc1N1CCN(C(=O)c2ccc(-n3cnnc3)nc2)C(C)C1. The van der Waals surface area contributed by atoms with Gasteiger partial charge in [0.15, 0.2) is 0 Å². The molecule has 0 radical (unpaired) electrons. The first-order valence-corrected chi connectivity index (χ1v) is 9.06. The van der Waals surface area contributed by atoms with Crippen molar-refractivity contribution >= 4 is 11.6 Å². The molecule has 27 heavy (non-hydrogen) atoms. The third-order valence-corrected chi connectivity index (χ3v) is 5.02. The lowest BCUT2D eigenvalue weighted by molar-refractivity contribution is 0.0673. The molecule has 0 N–H and O–H groups in total. The van der Waals surface area contributed by atoms with Crippen LogP contribution < -0.4 is 4.90 Å². The first-order chi connectivity index (χ1) is 13.1. The number of para-hydroxylation sites is 1. The summed E-state index contributed by atoms with van der Waals surface area (Å²) in [6.07, 6.45) is 4.78. The molecule has 3 heterocycles. The standard InChI is InChI=1S/C20H22N6O/c1-15-5-3-4-6-18(15)24-9-10-26(16(2)12-24)20(27)17-7-8-19(21-11-17)25-13-22-23-14-25/h3-8,11,13-14,16H,9-10,12H2,1-2H3. The number of amides is 1. The maximum Gasteiger partial charge on any atom is 0.255 e. The van der Waals surface area contributed by atoms with Crippen molar-refractivity contribution in [3.63, 3.8) is 0 Å². The molecule has 0 bridgehead atoms. The lowest BCUT2D eigenvalue weighted by atomic mass is 10.1. The topological polar surface area (TPSA) is 67.2 Å². The molecule has 1 fully saturated rings. The summed E-state index contributed by atoms with van der Waals surface area (Å²) >= 11 is 0. The number of piperazine rings is 1. The minimum absolute atomic E-state index is 0.0229. The molecule has 1 unspecified atom stereocenters. The third kappa shape index (κ3) is 3.40. The van der Waals surface area contributed by atoms with Gasteiger partial charge in [-0.05, 0) is 37.6 Å². The van der Waals surface area contributed by atoms with Crippen molar-refractivity contribution in [2.75, 3.05) is 24.5 Å². The van der Waals surface area contributed by atoms with Crippen molar-refractivity contribution in [3.8, 4) is 5.82 Å². The van der Waals surface area contributed by atoms with Crippen LogP contribution in [0.25, 0.3) is 5.82 Å². The van der Waals surface area contributed by atoms with Crippen LogP contribution in [0.5, 0.6) is 0 Å². The third-order valence-electron chi connectivity index (χ3n) is 5.02. The number of aryl methyl sites for hydroxylation is 1. The van der Waals surface area contributed by atoms with Gasteiger partial charge in [0.25, 0.3) is 5.91 Å². The molecule has 1 aliphatic rings. The van der Waals surface area contributed by atoms with Gasteiger partial charge in [-0.3, -0.25) is 9.36 Å². The molecule has 1 atom stereocenters. The largest absolute Gasteiger partial charge is 0.367 e. The minimum Gasteiger partial charge on any atom is -0.367 e.